The van der Waals surface area contributed by atoms with Gasteiger partial charge >= 0.3 is 12.4 Å². The molecule has 24 heavy (non-hydrogen) atoms. The molecule has 0 aliphatic carbocycles. The van der Waals surface area contributed by atoms with Gasteiger partial charge in [0.1, 0.15) is 0 Å². The van der Waals surface area contributed by atoms with E-state index in [1.54, 1.807) is 6.92 Å². The maximum absolute atomic E-state index is 13.1. The van der Waals surface area contributed by atoms with Crippen LogP contribution in [0.15, 0.2) is 27.9 Å². The molecule has 130 valence electrons. The normalized spacial score (nSPS) is 13.0. The van der Waals surface area contributed by atoms with E-state index in [1.165, 1.54) is 6.20 Å². The number of hydrogen-bond acceptors (Lipinski definition) is 3. The summed E-state index contributed by atoms with van der Waals surface area (Å²) < 4.78 is 78.1. The highest BCUT2D eigenvalue weighted by Crippen LogP contribution is 2.40. The van der Waals surface area contributed by atoms with E-state index in [2.05, 4.69) is 26.0 Å². The number of nitrogens with two attached hydrogens (primary N) is 1. The lowest BCUT2D eigenvalue weighted by Crippen LogP contribution is -2.14. The fraction of sp³-hybridized carbons (Fsp3) is 0.231. The van der Waals surface area contributed by atoms with Gasteiger partial charge in [0.2, 0.25) is 5.95 Å². The van der Waals surface area contributed by atoms with Crippen LogP contribution in [-0.4, -0.2) is 15.9 Å². The summed E-state index contributed by atoms with van der Waals surface area (Å²) in [5.41, 5.74) is 2.68. The van der Waals surface area contributed by atoms with Crippen molar-refractivity contribution in [1.82, 2.24) is 9.66 Å². The second kappa shape index (κ2) is 6.11. The number of nitrogens with zero attached hydrogens (tertiary/aromatic N) is 3. The van der Waals surface area contributed by atoms with Crippen LogP contribution in [0.4, 0.5) is 32.3 Å². The Labute approximate surface area is 140 Å². The number of hydrogen-bond donors (Lipinski definition) is 1. The van der Waals surface area contributed by atoms with Crippen molar-refractivity contribution in [3.8, 4) is 0 Å². The number of anilines is 1. The molecule has 2 N–H and O–H groups in total. The molecule has 0 amide bonds. The summed E-state index contributed by atoms with van der Waals surface area (Å²) in [7, 11) is 0. The summed E-state index contributed by atoms with van der Waals surface area (Å²) >= 11 is 2.52. The van der Waals surface area contributed by atoms with Gasteiger partial charge in [-0.1, -0.05) is 15.9 Å². The number of aryl methyl sites for hydroxylation is 1. The molecule has 0 fully saturated rings. The minimum atomic E-state index is -4.86. The number of nitrogen functional groups attached to an aromatic ring is 1. The molecule has 0 aliphatic rings. The van der Waals surface area contributed by atoms with Crippen LogP contribution in [0.1, 0.15) is 22.4 Å². The zero-order valence-corrected chi connectivity index (χ0v) is 13.5. The van der Waals surface area contributed by atoms with Crippen molar-refractivity contribution in [3.63, 3.8) is 0 Å². The molecule has 0 atom stereocenters. The average Bonchev–Trinajstić information content (AvgIpc) is 2.72. The zero-order valence-electron chi connectivity index (χ0n) is 11.9. The first-order valence-electron chi connectivity index (χ1n) is 6.23. The Morgan fingerprint density at radius 1 is 1.12 bits per heavy atom. The van der Waals surface area contributed by atoms with Gasteiger partial charge in [0.05, 0.1) is 29.2 Å². The number of rotatable bonds is 2. The topological polar surface area (TPSA) is 56.2 Å². The summed E-state index contributed by atoms with van der Waals surface area (Å²) in [5, 5.41) is 3.65. The van der Waals surface area contributed by atoms with Crippen molar-refractivity contribution < 1.29 is 26.3 Å². The Kier molecular flexibility index (Phi) is 4.66. The van der Waals surface area contributed by atoms with Crippen LogP contribution in [0.25, 0.3) is 0 Å². The van der Waals surface area contributed by atoms with Gasteiger partial charge < -0.3 is 5.73 Å². The second-order valence-corrected chi connectivity index (χ2v) is 5.60. The van der Waals surface area contributed by atoms with Gasteiger partial charge in [0, 0.05) is 10.0 Å². The summed E-state index contributed by atoms with van der Waals surface area (Å²) in [6, 6.07) is 0.739. The molecule has 4 nitrogen and oxygen atoms in total. The number of imidazole rings is 1. The lowest BCUT2D eigenvalue weighted by Gasteiger charge is -2.15. The van der Waals surface area contributed by atoms with E-state index in [9.17, 15) is 26.3 Å². The molecule has 0 spiro atoms. The summed E-state index contributed by atoms with van der Waals surface area (Å²) in [4.78, 5) is 3.78. The fourth-order valence-electron chi connectivity index (χ4n) is 1.88. The molecule has 0 aliphatic heterocycles. The van der Waals surface area contributed by atoms with Crippen LogP contribution in [-0.2, 0) is 12.4 Å². The molecule has 1 aromatic carbocycles. The van der Waals surface area contributed by atoms with E-state index >= 15 is 0 Å². The van der Waals surface area contributed by atoms with Gasteiger partial charge in [-0.15, -0.1) is 0 Å². The van der Waals surface area contributed by atoms with Crippen molar-refractivity contribution in [3.05, 3.63) is 45.2 Å². The molecule has 11 heteroatoms. The van der Waals surface area contributed by atoms with Gasteiger partial charge in [-0.2, -0.15) is 31.4 Å². The Balaban J connectivity index is 2.59. The molecule has 0 bridgehead atoms. The number of benzene rings is 1. The van der Waals surface area contributed by atoms with Crippen LogP contribution in [0.2, 0.25) is 0 Å². The van der Waals surface area contributed by atoms with E-state index in [0.29, 0.717) is 24.0 Å². The summed E-state index contributed by atoms with van der Waals surface area (Å²) in [6.07, 6.45) is -7.70. The third kappa shape index (κ3) is 3.89. The lowest BCUT2D eigenvalue weighted by atomic mass is 10.0. The highest BCUT2D eigenvalue weighted by molar-refractivity contribution is 9.10. The van der Waals surface area contributed by atoms with E-state index < -0.39 is 33.5 Å². The van der Waals surface area contributed by atoms with E-state index in [1.807, 2.05) is 0 Å². The Bertz CT molecular complexity index is 791. The minimum absolute atomic E-state index is 0.106. The second-order valence-electron chi connectivity index (χ2n) is 4.74. The maximum atomic E-state index is 13.1. The summed E-state index contributed by atoms with van der Waals surface area (Å²) in [6.45, 7) is 1.57. The molecule has 0 unspecified atom stereocenters. The quantitative estimate of drug-likeness (QED) is 0.582. The molecule has 2 aromatic rings. The molecule has 1 aromatic heterocycles. The third-order valence-corrected chi connectivity index (χ3v) is 3.56. The van der Waals surface area contributed by atoms with Crippen LogP contribution in [0.3, 0.4) is 0 Å². The lowest BCUT2D eigenvalue weighted by molar-refractivity contribution is -0.141. The van der Waals surface area contributed by atoms with Crippen LogP contribution in [0.5, 0.6) is 0 Å². The van der Waals surface area contributed by atoms with E-state index in [4.69, 9.17) is 5.73 Å². The molecule has 2 rings (SSSR count). The first-order chi connectivity index (χ1) is 10.9. The van der Waals surface area contributed by atoms with Gasteiger partial charge in [0.25, 0.3) is 0 Å². The Morgan fingerprint density at radius 2 is 1.71 bits per heavy atom. The van der Waals surface area contributed by atoms with E-state index in [-0.39, 0.29) is 5.95 Å². The smallest absolute Gasteiger partial charge is 0.368 e. The fourth-order valence-corrected chi connectivity index (χ4v) is 2.45. The molecule has 0 radical (unpaired) electrons. The van der Waals surface area contributed by atoms with Crippen molar-refractivity contribution in [1.29, 1.82) is 0 Å². The highest BCUT2D eigenvalue weighted by atomic mass is 79.9. The maximum Gasteiger partial charge on any atom is 0.417 e. The predicted octanol–water partition coefficient (Wildman–Crippen LogP) is 4.46. The number of halogens is 7. The van der Waals surface area contributed by atoms with Gasteiger partial charge in [-0.25, -0.2) is 9.66 Å². The van der Waals surface area contributed by atoms with Crippen LogP contribution >= 0.6 is 15.9 Å². The van der Waals surface area contributed by atoms with Crippen LogP contribution in [0, 0.1) is 6.92 Å². The molecular weight excluding hydrogens is 406 g/mol. The highest BCUT2D eigenvalue weighted by Gasteiger charge is 2.38. The SMILES string of the molecule is Cc1cn(N=Cc2cc(C(F)(F)F)c(Br)cc2C(F)(F)F)c(N)n1. The number of alkyl halides is 6. The first-order valence-corrected chi connectivity index (χ1v) is 7.02. The molecule has 0 saturated heterocycles. The van der Waals surface area contributed by atoms with Crippen molar-refractivity contribution >= 4 is 28.1 Å². The Hall–Kier alpha value is -2.04. The monoisotopic (exact) mass is 414 g/mol. The molecule has 1 heterocycles. The average molecular weight is 415 g/mol. The first kappa shape index (κ1) is 18.3. The minimum Gasteiger partial charge on any atom is -0.368 e. The number of aromatic nitrogens is 2. The van der Waals surface area contributed by atoms with Crippen molar-refractivity contribution in [2.45, 2.75) is 19.3 Å². The van der Waals surface area contributed by atoms with E-state index in [0.717, 1.165) is 4.68 Å². The van der Waals surface area contributed by atoms with Gasteiger partial charge in [0.15, 0.2) is 0 Å². The zero-order chi connectivity index (χ0) is 18.3. The molecular formula is C13H9BrF6N4. The van der Waals surface area contributed by atoms with Crippen LogP contribution < -0.4 is 5.73 Å². The summed E-state index contributed by atoms with van der Waals surface area (Å²) in [5.74, 6) is -0.106. The van der Waals surface area contributed by atoms with Gasteiger partial charge in [-0.3, -0.25) is 0 Å². The predicted molar refractivity (Wildman–Crippen MR) is 78.5 cm³/mol. The van der Waals surface area contributed by atoms with Crippen molar-refractivity contribution in [2.75, 3.05) is 5.73 Å². The standard InChI is InChI=1S/C13H9BrF6N4/c1-6-5-24(11(21)23-6)22-4-7-2-9(13(18,19)20)10(14)3-8(7)12(15,16)17/h2-5H,1H3,(H2,21,23). The largest absolute Gasteiger partial charge is 0.417 e. The third-order valence-electron chi connectivity index (χ3n) is 2.91. The van der Waals surface area contributed by atoms with Crippen molar-refractivity contribution in [2.24, 2.45) is 5.10 Å². The van der Waals surface area contributed by atoms with Gasteiger partial charge in [-0.05, 0) is 19.1 Å². The molecule has 0 saturated carbocycles. The Morgan fingerprint density at radius 3 is 2.17 bits per heavy atom.